The summed E-state index contributed by atoms with van der Waals surface area (Å²) in [5.74, 6) is 0.604. The molecule has 3 aliphatic rings. The van der Waals surface area contributed by atoms with Crippen molar-refractivity contribution in [2.45, 2.75) is 44.8 Å². The number of fused-ring (bicyclic) bond motifs is 1. The lowest BCUT2D eigenvalue weighted by molar-refractivity contribution is -0.123. The molecule has 2 saturated heterocycles. The molecule has 3 fully saturated rings. The maximum atomic E-state index is 12.8. The molecule has 4 N–H and O–H groups in total. The number of aliphatic hydroxyl groups is 1. The molecule has 1 aromatic rings. The van der Waals surface area contributed by atoms with Crippen molar-refractivity contribution < 1.29 is 29.7 Å². The summed E-state index contributed by atoms with van der Waals surface area (Å²) in [7, 11) is 0. The fourth-order valence-corrected chi connectivity index (χ4v) is 4.95. The van der Waals surface area contributed by atoms with Gasteiger partial charge in [0.25, 0.3) is 24.4 Å². The van der Waals surface area contributed by atoms with Crippen LogP contribution in [-0.4, -0.2) is 87.3 Å². The van der Waals surface area contributed by atoms with Gasteiger partial charge in [0.15, 0.2) is 0 Å². The Hall–Kier alpha value is -2.72. The Morgan fingerprint density at radius 3 is 2.16 bits per heavy atom. The zero-order valence-corrected chi connectivity index (χ0v) is 17.6. The molecule has 31 heavy (non-hydrogen) atoms. The topological polar surface area (TPSA) is 151 Å². The summed E-state index contributed by atoms with van der Waals surface area (Å²) in [5.41, 5.74) is 0.670. The summed E-state index contributed by atoms with van der Waals surface area (Å²) < 4.78 is 0. The number of nitrogens with zero attached hydrogens (tertiary/aromatic N) is 2. The summed E-state index contributed by atoms with van der Waals surface area (Å²) in [5, 5.41) is 24.4. The van der Waals surface area contributed by atoms with Crippen LogP contribution in [0.15, 0.2) is 16.9 Å². The van der Waals surface area contributed by atoms with Crippen molar-refractivity contribution in [1.29, 1.82) is 0 Å². The number of pyridine rings is 1. The summed E-state index contributed by atoms with van der Waals surface area (Å²) in [6.07, 6.45) is 3.87. The first-order valence-electron chi connectivity index (χ1n) is 10.4. The summed E-state index contributed by atoms with van der Waals surface area (Å²) in [6, 6.07) is 3.63. The number of nitrogens with one attached hydrogen (secondary N) is 1. The Morgan fingerprint density at radius 2 is 1.61 bits per heavy atom. The van der Waals surface area contributed by atoms with Gasteiger partial charge in [0.2, 0.25) is 0 Å². The van der Waals surface area contributed by atoms with E-state index in [0.29, 0.717) is 24.9 Å². The molecule has 1 aliphatic carbocycles. The Labute approximate surface area is 180 Å². The minimum atomic E-state index is -0.310. The van der Waals surface area contributed by atoms with E-state index in [9.17, 15) is 14.7 Å². The number of H-pyrrole nitrogens is 1. The lowest BCUT2D eigenvalue weighted by Gasteiger charge is -2.40. The summed E-state index contributed by atoms with van der Waals surface area (Å²) in [6.45, 7) is 4.83. The van der Waals surface area contributed by atoms with Gasteiger partial charge in [0.1, 0.15) is 5.56 Å². The Morgan fingerprint density at radius 1 is 1.06 bits per heavy atom. The van der Waals surface area contributed by atoms with Crippen LogP contribution in [0.4, 0.5) is 0 Å². The molecule has 1 saturated carbocycles. The van der Waals surface area contributed by atoms with Crippen LogP contribution in [0.5, 0.6) is 0 Å². The van der Waals surface area contributed by atoms with Gasteiger partial charge < -0.3 is 25.2 Å². The number of hydrogen-bond donors (Lipinski definition) is 4. The highest BCUT2D eigenvalue weighted by Crippen LogP contribution is 2.39. The van der Waals surface area contributed by atoms with Crippen molar-refractivity contribution >= 4 is 18.9 Å². The van der Waals surface area contributed by atoms with Crippen molar-refractivity contribution in [1.82, 2.24) is 14.8 Å². The highest BCUT2D eigenvalue weighted by atomic mass is 16.3. The number of aromatic amines is 1. The van der Waals surface area contributed by atoms with E-state index in [1.165, 1.54) is 12.8 Å². The molecule has 3 heterocycles. The molecule has 10 heteroatoms. The lowest BCUT2D eigenvalue weighted by Crippen LogP contribution is -2.48. The van der Waals surface area contributed by atoms with Crippen molar-refractivity contribution in [3.63, 3.8) is 0 Å². The van der Waals surface area contributed by atoms with E-state index in [4.69, 9.17) is 19.8 Å². The standard InChI is InChI=1S/C19H27N3O3.2CH2O2/c1-12-4-5-15(18(24)20-12)19(25)22-10-13-8-16(21-6-2-3-7-21)17(23)9-14(13)11-22;2*2-1-3/h4-5,13-14,16-17,23H,2-3,6-11H2,1H3,(H,20,24);2*1H,(H,2,3)/t13-,14+,16-,17-;;/m1../s1. The number of aryl methyl sites for hydroxylation is 1. The predicted octanol–water partition coefficient (Wildman–Crippen LogP) is 0.392. The third-order valence-corrected chi connectivity index (χ3v) is 6.29. The van der Waals surface area contributed by atoms with E-state index >= 15 is 0 Å². The van der Waals surface area contributed by atoms with E-state index in [0.717, 1.165) is 31.6 Å². The molecule has 0 unspecified atom stereocenters. The molecule has 2 aliphatic heterocycles. The maximum Gasteiger partial charge on any atom is 0.290 e. The molecular formula is C21H31N3O7. The van der Waals surface area contributed by atoms with Gasteiger partial charge >= 0.3 is 0 Å². The number of hydrogen-bond acceptors (Lipinski definition) is 6. The first-order chi connectivity index (χ1) is 14.9. The van der Waals surface area contributed by atoms with Gasteiger partial charge in [-0.3, -0.25) is 24.1 Å². The number of amides is 1. The van der Waals surface area contributed by atoms with Crippen molar-refractivity contribution in [2.24, 2.45) is 11.8 Å². The number of aliphatic hydroxyl groups excluding tert-OH is 1. The average Bonchev–Trinajstić information content (AvgIpc) is 3.37. The minimum Gasteiger partial charge on any atom is -0.483 e. The fourth-order valence-electron chi connectivity index (χ4n) is 4.95. The molecule has 0 bridgehead atoms. The molecule has 1 aromatic heterocycles. The van der Waals surface area contributed by atoms with Crippen LogP contribution < -0.4 is 5.56 Å². The third kappa shape index (κ3) is 6.14. The molecule has 172 valence electrons. The van der Waals surface area contributed by atoms with Crippen LogP contribution in [-0.2, 0) is 9.59 Å². The Bertz CT molecular complexity index is 800. The van der Waals surface area contributed by atoms with Gasteiger partial charge in [-0.1, -0.05) is 0 Å². The molecule has 0 aromatic carbocycles. The van der Waals surface area contributed by atoms with Crippen LogP contribution >= 0.6 is 0 Å². The van der Waals surface area contributed by atoms with Crippen molar-refractivity contribution in [2.75, 3.05) is 26.2 Å². The van der Waals surface area contributed by atoms with Gasteiger partial charge in [-0.15, -0.1) is 0 Å². The second kappa shape index (κ2) is 11.6. The Kier molecular flexibility index (Phi) is 9.20. The second-order valence-electron chi connectivity index (χ2n) is 8.17. The molecule has 0 spiro atoms. The number of carbonyl (C=O) groups excluding carboxylic acids is 1. The smallest absolute Gasteiger partial charge is 0.290 e. The zero-order valence-electron chi connectivity index (χ0n) is 17.6. The zero-order chi connectivity index (χ0) is 23.0. The summed E-state index contributed by atoms with van der Waals surface area (Å²) >= 11 is 0. The van der Waals surface area contributed by atoms with E-state index in [1.54, 1.807) is 19.1 Å². The van der Waals surface area contributed by atoms with Crippen LogP contribution in [0.3, 0.4) is 0 Å². The highest BCUT2D eigenvalue weighted by Gasteiger charge is 2.45. The SMILES string of the molecule is Cc1ccc(C(=O)N2C[C@H]3C[C@@H](N4CCCC4)[C@H](O)C[C@H]3C2)c(=O)[nH]1.O=CO.O=CO. The molecule has 0 radical (unpaired) electrons. The Balaban J connectivity index is 0.000000513. The first kappa shape index (κ1) is 24.5. The fraction of sp³-hybridized carbons (Fsp3) is 0.619. The molecule has 1 amide bonds. The van der Waals surface area contributed by atoms with Gasteiger partial charge in [0.05, 0.1) is 6.10 Å². The van der Waals surface area contributed by atoms with E-state index in [-0.39, 0.29) is 42.1 Å². The van der Waals surface area contributed by atoms with Crippen LogP contribution in [0.1, 0.15) is 41.7 Å². The number of rotatable bonds is 2. The number of carboxylic acid groups (broad SMARTS) is 2. The van der Waals surface area contributed by atoms with Gasteiger partial charge in [0, 0.05) is 24.8 Å². The predicted molar refractivity (Wildman–Crippen MR) is 112 cm³/mol. The number of carbonyl (C=O) groups is 3. The molecule has 4 rings (SSSR count). The van der Waals surface area contributed by atoms with Gasteiger partial charge in [-0.05, 0) is 69.7 Å². The maximum absolute atomic E-state index is 12.8. The van der Waals surface area contributed by atoms with Crippen LogP contribution in [0.25, 0.3) is 0 Å². The number of likely N-dealkylation sites (tertiary alicyclic amines) is 2. The average molecular weight is 437 g/mol. The monoisotopic (exact) mass is 437 g/mol. The summed E-state index contributed by atoms with van der Waals surface area (Å²) in [4.78, 5) is 48.5. The highest BCUT2D eigenvalue weighted by molar-refractivity contribution is 5.94. The van der Waals surface area contributed by atoms with Gasteiger partial charge in [-0.2, -0.15) is 0 Å². The lowest BCUT2D eigenvalue weighted by atomic mass is 9.77. The molecular weight excluding hydrogens is 406 g/mol. The normalized spacial score (nSPS) is 27.2. The van der Waals surface area contributed by atoms with Crippen LogP contribution in [0.2, 0.25) is 0 Å². The molecule has 4 atom stereocenters. The van der Waals surface area contributed by atoms with Crippen LogP contribution in [0, 0.1) is 18.8 Å². The van der Waals surface area contributed by atoms with Crippen molar-refractivity contribution in [3.8, 4) is 0 Å². The van der Waals surface area contributed by atoms with E-state index in [1.807, 2.05) is 4.90 Å². The largest absolute Gasteiger partial charge is 0.483 e. The molecule has 10 nitrogen and oxygen atoms in total. The van der Waals surface area contributed by atoms with E-state index in [2.05, 4.69) is 9.88 Å². The third-order valence-electron chi connectivity index (χ3n) is 6.29. The van der Waals surface area contributed by atoms with Gasteiger partial charge in [-0.25, -0.2) is 0 Å². The second-order valence-corrected chi connectivity index (χ2v) is 8.17. The quantitative estimate of drug-likeness (QED) is 0.485. The van der Waals surface area contributed by atoms with Crippen molar-refractivity contribution in [3.05, 3.63) is 33.7 Å². The minimum absolute atomic E-state index is 0.178. The number of aromatic nitrogens is 1. The first-order valence-corrected chi connectivity index (χ1v) is 10.4. The van der Waals surface area contributed by atoms with E-state index < -0.39 is 0 Å².